The van der Waals surface area contributed by atoms with Crippen LogP contribution in [0.3, 0.4) is 0 Å². The summed E-state index contributed by atoms with van der Waals surface area (Å²) in [4.78, 5) is 25.9. The zero-order valence-electron chi connectivity index (χ0n) is 19.7. The van der Waals surface area contributed by atoms with Crippen LogP contribution in [0.4, 0.5) is 19.7 Å². The van der Waals surface area contributed by atoms with Gasteiger partial charge in [-0.1, -0.05) is 18.2 Å². The molecule has 1 saturated heterocycles. The number of nitrogens with one attached hydrogen (secondary N) is 2. The third kappa shape index (κ3) is 6.09. The Morgan fingerprint density at radius 3 is 2.34 bits per heavy atom. The van der Waals surface area contributed by atoms with Crippen LogP contribution in [0.5, 0.6) is 0 Å². The molecule has 0 saturated carbocycles. The molecule has 2 aliphatic heterocycles. The predicted molar refractivity (Wildman–Crippen MR) is 128 cm³/mol. The average molecular weight is 505 g/mol. The molecule has 3 amide bonds. The van der Waals surface area contributed by atoms with E-state index >= 15 is 0 Å². The summed E-state index contributed by atoms with van der Waals surface area (Å²) in [5.41, 5.74) is 3.46. The second-order valence-electron chi connectivity index (χ2n) is 9.06. The predicted octanol–water partition coefficient (Wildman–Crippen LogP) is 3.93. The van der Waals surface area contributed by atoms with Crippen molar-refractivity contribution in [3.8, 4) is 0 Å². The van der Waals surface area contributed by atoms with Crippen LogP contribution in [0.25, 0.3) is 0 Å². The number of amides is 3. The Kier molecular flexibility index (Phi) is 7.27. The van der Waals surface area contributed by atoms with E-state index in [1.807, 2.05) is 29.0 Å². The summed E-state index contributed by atoms with van der Waals surface area (Å²) in [7, 11) is -3.95. The van der Waals surface area contributed by atoms with Crippen LogP contribution >= 0.6 is 0 Å². The van der Waals surface area contributed by atoms with Gasteiger partial charge in [0.1, 0.15) is 5.82 Å². The summed E-state index contributed by atoms with van der Waals surface area (Å²) in [6.45, 7) is 4.64. The van der Waals surface area contributed by atoms with Gasteiger partial charge in [-0.25, -0.2) is 18.7 Å². The minimum Gasteiger partial charge on any atom is -0.446 e. The fourth-order valence-electron chi connectivity index (χ4n) is 4.39. The summed E-state index contributed by atoms with van der Waals surface area (Å²) in [5.74, 6) is -0.147. The molecule has 0 aliphatic carbocycles. The average Bonchev–Trinajstić information content (AvgIpc) is 3.22. The van der Waals surface area contributed by atoms with Crippen LogP contribution in [0.2, 0.25) is 0 Å². The van der Waals surface area contributed by atoms with Gasteiger partial charge >= 0.3 is 22.3 Å². The number of hydrogen-bond donors (Lipinski definition) is 2. The van der Waals surface area contributed by atoms with Gasteiger partial charge in [0.05, 0.1) is 6.10 Å². The number of rotatable bonds is 5. The number of benzene rings is 2. The number of nitrogens with zero attached hydrogens (tertiary/aromatic N) is 2. The Morgan fingerprint density at radius 1 is 1.03 bits per heavy atom. The van der Waals surface area contributed by atoms with Crippen molar-refractivity contribution in [2.75, 3.05) is 18.4 Å². The fourth-order valence-corrected chi connectivity index (χ4v) is 5.46. The number of halogens is 1. The highest BCUT2D eigenvalue weighted by Crippen LogP contribution is 2.30. The van der Waals surface area contributed by atoms with E-state index in [0.717, 1.165) is 16.7 Å². The first kappa shape index (κ1) is 24.9. The molecule has 0 atom stereocenters. The van der Waals surface area contributed by atoms with Crippen molar-refractivity contribution in [3.05, 3.63) is 65.0 Å². The molecule has 0 spiro atoms. The van der Waals surface area contributed by atoms with Gasteiger partial charge < -0.3 is 15.0 Å². The maximum absolute atomic E-state index is 13.4. The Hall–Kier alpha value is -3.18. The molecule has 4 rings (SSSR count). The second kappa shape index (κ2) is 10.2. The largest absolute Gasteiger partial charge is 0.446 e. The van der Waals surface area contributed by atoms with E-state index in [2.05, 4.69) is 5.32 Å². The van der Waals surface area contributed by atoms with Crippen LogP contribution < -0.4 is 10.0 Å². The molecule has 0 radical (unpaired) electrons. The SMILES string of the molecule is CC(C)OC(=O)NS(=O)(=O)N1CCC(c2ccc(NC(=O)N3Cc4ccc(F)cc4C3)cc2)CC1. The lowest BCUT2D eigenvalue weighted by molar-refractivity contribution is 0.120. The van der Waals surface area contributed by atoms with Crippen molar-refractivity contribution in [1.29, 1.82) is 0 Å². The summed E-state index contributed by atoms with van der Waals surface area (Å²) < 4.78 is 46.3. The molecule has 2 aromatic carbocycles. The number of anilines is 1. The van der Waals surface area contributed by atoms with Gasteiger partial charge in [0, 0.05) is 31.9 Å². The first-order valence-electron chi connectivity index (χ1n) is 11.5. The van der Waals surface area contributed by atoms with E-state index in [-0.39, 0.29) is 30.9 Å². The second-order valence-corrected chi connectivity index (χ2v) is 10.7. The monoisotopic (exact) mass is 504 g/mol. The highest BCUT2D eigenvalue weighted by atomic mass is 32.2. The quantitative estimate of drug-likeness (QED) is 0.642. The smallest absolute Gasteiger partial charge is 0.422 e. The van der Waals surface area contributed by atoms with Gasteiger partial charge in [0.2, 0.25) is 0 Å². The van der Waals surface area contributed by atoms with E-state index < -0.39 is 22.4 Å². The van der Waals surface area contributed by atoms with Crippen LogP contribution in [0, 0.1) is 5.82 Å². The minimum atomic E-state index is -3.95. The molecule has 2 N–H and O–H groups in total. The molecular formula is C24H29FN4O5S. The molecule has 2 aliphatic rings. The molecule has 2 heterocycles. The van der Waals surface area contributed by atoms with Crippen molar-refractivity contribution in [3.63, 3.8) is 0 Å². The van der Waals surface area contributed by atoms with Crippen molar-refractivity contribution in [2.24, 2.45) is 0 Å². The molecule has 2 aromatic rings. The number of fused-ring (bicyclic) bond motifs is 1. The fraction of sp³-hybridized carbons (Fsp3) is 0.417. The van der Waals surface area contributed by atoms with Gasteiger partial charge in [0.25, 0.3) is 0 Å². The normalized spacial score (nSPS) is 16.7. The zero-order valence-corrected chi connectivity index (χ0v) is 20.5. The zero-order chi connectivity index (χ0) is 25.2. The molecule has 9 nitrogen and oxygen atoms in total. The maximum Gasteiger partial charge on any atom is 0.422 e. The topological polar surface area (TPSA) is 108 Å². The Morgan fingerprint density at radius 2 is 1.69 bits per heavy atom. The molecule has 188 valence electrons. The molecule has 0 aromatic heterocycles. The van der Waals surface area contributed by atoms with E-state index in [0.29, 0.717) is 31.6 Å². The van der Waals surface area contributed by atoms with E-state index in [9.17, 15) is 22.4 Å². The molecule has 11 heteroatoms. The van der Waals surface area contributed by atoms with Gasteiger partial charge in [-0.15, -0.1) is 0 Å². The molecule has 35 heavy (non-hydrogen) atoms. The van der Waals surface area contributed by atoms with E-state index in [4.69, 9.17) is 4.74 Å². The molecule has 0 bridgehead atoms. The van der Waals surface area contributed by atoms with Crippen molar-refractivity contribution < 1.29 is 27.1 Å². The molecule has 1 fully saturated rings. The highest BCUT2D eigenvalue weighted by molar-refractivity contribution is 7.87. The first-order chi connectivity index (χ1) is 16.6. The summed E-state index contributed by atoms with van der Waals surface area (Å²) >= 11 is 0. The number of urea groups is 1. The van der Waals surface area contributed by atoms with Crippen molar-refractivity contribution in [2.45, 2.75) is 51.8 Å². The lowest BCUT2D eigenvalue weighted by Gasteiger charge is -2.31. The maximum atomic E-state index is 13.4. The minimum absolute atomic E-state index is 0.164. The van der Waals surface area contributed by atoms with Crippen molar-refractivity contribution >= 4 is 28.0 Å². The van der Waals surface area contributed by atoms with Gasteiger partial charge in [-0.2, -0.15) is 12.7 Å². The lowest BCUT2D eigenvalue weighted by Crippen LogP contribution is -2.47. The van der Waals surface area contributed by atoms with E-state index in [1.54, 1.807) is 24.8 Å². The Bertz CT molecular complexity index is 1190. The van der Waals surface area contributed by atoms with Crippen LogP contribution in [-0.2, 0) is 28.0 Å². The number of carbonyl (C=O) groups is 2. The third-order valence-corrected chi connectivity index (χ3v) is 7.63. The Balaban J connectivity index is 1.28. The third-order valence-electron chi connectivity index (χ3n) is 6.16. The van der Waals surface area contributed by atoms with Gasteiger partial charge in [-0.05, 0) is 73.6 Å². The standard InChI is InChI=1S/C24H29FN4O5S/c1-16(2)34-24(31)27-35(32,33)29-11-9-18(10-12-29)17-4-7-22(8-5-17)26-23(30)28-14-19-3-6-21(25)13-20(19)15-28/h3-8,13,16,18H,9-12,14-15H2,1-2H3,(H,26,30)(H,27,31). The van der Waals surface area contributed by atoms with Crippen LogP contribution in [-0.4, -0.2) is 48.9 Å². The first-order valence-corrected chi connectivity index (χ1v) is 13.0. The highest BCUT2D eigenvalue weighted by Gasteiger charge is 2.30. The van der Waals surface area contributed by atoms with Crippen molar-refractivity contribution in [1.82, 2.24) is 13.9 Å². The summed E-state index contributed by atoms with van der Waals surface area (Å²) in [5, 5.41) is 2.88. The van der Waals surface area contributed by atoms with Crippen LogP contribution in [0.15, 0.2) is 42.5 Å². The number of ether oxygens (including phenoxy) is 1. The Labute approximate surface area is 204 Å². The summed E-state index contributed by atoms with van der Waals surface area (Å²) in [6, 6.07) is 11.8. The lowest BCUT2D eigenvalue weighted by atomic mass is 9.90. The van der Waals surface area contributed by atoms with Gasteiger partial charge in [0.15, 0.2) is 0 Å². The number of carbonyl (C=O) groups excluding carboxylic acids is 2. The van der Waals surface area contributed by atoms with Crippen LogP contribution in [0.1, 0.15) is 49.3 Å². The van der Waals surface area contributed by atoms with E-state index in [1.165, 1.54) is 16.4 Å². The molecule has 0 unspecified atom stereocenters. The number of hydrogen-bond acceptors (Lipinski definition) is 5. The number of piperidine rings is 1. The molecular weight excluding hydrogens is 475 g/mol. The summed E-state index contributed by atoms with van der Waals surface area (Å²) in [6.07, 6.45) is -0.187. The van der Waals surface area contributed by atoms with Gasteiger partial charge in [-0.3, -0.25) is 0 Å².